The second kappa shape index (κ2) is 7.30. The summed E-state index contributed by atoms with van der Waals surface area (Å²) >= 11 is 1.63. The molecule has 2 aliphatic rings. The predicted octanol–water partition coefficient (Wildman–Crippen LogP) is 4.73. The van der Waals surface area contributed by atoms with Gasteiger partial charge in [0.15, 0.2) is 0 Å². The van der Waals surface area contributed by atoms with Crippen LogP contribution in [0.3, 0.4) is 0 Å². The minimum Gasteiger partial charge on any atom is -0.393 e. The summed E-state index contributed by atoms with van der Waals surface area (Å²) in [5.41, 5.74) is 2.60. The molecule has 2 heterocycles. The van der Waals surface area contributed by atoms with Crippen molar-refractivity contribution >= 4 is 27.5 Å². The van der Waals surface area contributed by atoms with Crippen molar-refractivity contribution in [1.82, 2.24) is 9.88 Å². The Morgan fingerprint density at radius 1 is 1.04 bits per heavy atom. The van der Waals surface area contributed by atoms with Gasteiger partial charge >= 0.3 is 0 Å². The third-order valence-corrected chi connectivity index (χ3v) is 7.34. The first-order valence-electron chi connectivity index (χ1n) is 10.2. The van der Waals surface area contributed by atoms with E-state index >= 15 is 0 Å². The lowest BCUT2D eigenvalue weighted by Gasteiger charge is -2.31. The number of likely N-dealkylation sites (tertiary alicyclic amines) is 1. The fraction of sp³-hybridized carbons (Fsp3) is 0.391. The molecule has 4 nitrogen and oxygen atoms in total. The first-order valence-corrected chi connectivity index (χ1v) is 11.0. The van der Waals surface area contributed by atoms with Gasteiger partial charge in [0.2, 0.25) is 0 Å². The van der Waals surface area contributed by atoms with Crippen molar-refractivity contribution < 1.29 is 9.90 Å². The van der Waals surface area contributed by atoms with Crippen molar-refractivity contribution in [3.63, 3.8) is 0 Å². The van der Waals surface area contributed by atoms with Gasteiger partial charge in [0.1, 0.15) is 5.01 Å². The highest BCUT2D eigenvalue weighted by atomic mass is 32.1. The molecule has 2 fully saturated rings. The van der Waals surface area contributed by atoms with E-state index in [1.54, 1.807) is 11.3 Å². The monoisotopic (exact) mass is 392 g/mol. The van der Waals surface area contributed by atoms with Crippen molar-refractivity contribution in [1.29, 1.82) is 0 Å². The Bertz CT molecular complexity index is 982. The van der Waals surface area contributed by atoms with Crippen LogP contribution in [-0.4, -0.2) is 39.6 Å². The Kier molecular flexibility index (Phi) is 4.65. The molecule has 1 saturated carbocycles. The van der Waals surface area contributed by atoms with Gasteiger partial charge in [-0.15, -0.1) is 11.3 Å². The number of carbonyl (C=O) groups is 1. The fourth-order valence-corrected chi connectivity index (χ4v) is 5.91. The Balaban J connectivity index is 1.50. The molecule has 3 atom stereocenters. The van der Waals surface area contributed by atoms with E-state index in [4.69, 9.17) is 4.98 Å². The van der Waals surface area contributed by atoms with Crippen LogP contribution in [0.5, 0.6) is 0 Å². The van der Waals surface area contributed by atoms with Gasteiger partial charge in [0.25, 0.3) is 5.91 Å². The number of nitrogens with zero attached hydrogens (tertiary/aromatic N) is 2. The number of hydrogen-bond acceptors (Lipinski definition) is 4. The molecule has 2 aromatic carbocycles. The molecule has 0 spiro atoms. The molecular formula is C23H24N2O2S. The smallest absolute Gasteiger partial charge is 0.254 e. The largest absolute Gasteiger partial charge is 0.393 e. The summed E-state index contributed by atoms with van der Waals surface area (Å²) in [5.74, 6) is 0.303. The Morgan fingerprint density at radius 2 is 1.86 bits per heavy atom. The normalized spacial score (nSPS) is 24.9. The van der Waals surface area contributed by atoms with E-state index in [0.717, 1.165) is 65.0 Å². The van der Waals surface area contributed by atoms with E-state index in [2.05, 4.69) is 6.07 Å². The first kappa shape index (κ1) is 17.8. The van der Waals surface area contributed by atoms with Crippen LogP contribution < -0.4 is 0 Å². The number of carbonyl (C=O) groups excluding carboxylic acids is 1. The molecule has 5 heteroatoms. The molecule has 1 N–H and O–H groups in total. The van der Waals surface area contributed by atoms with Crippen LogP contribution in [0.15, 0.2) is 48.5 Å². The van der Waals surface area contributed by atoms with Crippen molar-refractivity contribution in [2.45, 2.75) is 44.2 Å². The third-order valence-electron chi connectivity index (χ3n) is 6.27. The van der Waals surface area contributed by atoms with E-state index in [0.29, 0.717) is 0 Å². The molecule has 28 heavy (non-hydrogen) atoms. The van der Waals surface area contributed by atoms with Gasteiger partial charge in [-0.05, 0) is 43.9 Å². The third kappa shape index (κ3) is 3.03. The lowest BCUT2D eigenvalue weighted by Crippen LogP contribution is -2.42. The van der Waals surface area contributed by atoms with Crippen molar-refractivity contribution in [2.75, 3.05) is 6.54 Å². The molecule has 1 aliphatic carbocycles. The molecular weight excluding hydrogens is 368 g/mol. The summed E-state index contributed by atoms with van der Waals surface area (Å²) in [6, 6.07) is 16.1. The van der Waals surface area contributed by atoms with E-state index < -0.39 is 0 Å². The number of para-hydroxylation sites is 1. The Labute approximate surface area is 168 Å². The van der Waals surface area contributed by atoms with Crippen molar-refractivity contribution in [2.24, 2.45) is 5.92 Å². The number of aliphatic hydroxyl groups excluding tert-OH is 1. The molecule has 0 radical (unpaired) electrons. The lowest BCUT2D eigenvalue weighted by molar-refractivity contribution is 0.0528. The zero-order valence-corrected chi connectivity index (χ0v) is 16.6. The van der Waals surface area contributed by atoms with E-state index in [9.17, 15) is 9.90 Å². The highest BCUT2D eigenvalue weighted by Gasteiger charge is 2.40. The molecule has 3 aromatic rings. The number of hydrogen-bond donors (Lipinski definition) is 1. The molecule has 1 saturated heterocycles. The maximum absolute atomic E-state index is 13.6. The van der Waals surface area contributed by atoms with E-state index in [1.165, 1.54) is 0 Å². The van der Waals surface area contributed by atoms with Crippen LogP contribution in [0.2, 0.25) is 0 Å². The number of aliphatic hydroxyl groups is 1. The van der Waals surface area contributed by atoms with Crippen molar-refractivity contribution in [3.05, 3.63) is 54.1 Å². The standard InChI is InChI=1S/C23H24N2O2S/c26-20-12-5-9-17(20)19-11-6-14-25(19)23(27)16-8-2-1-7-15(16)22-24-18-10-3-4-13-21(18)28-22/h1-4,7-8,10,13,17,19-20,26H,5-6,9,11-12,14H2. The van der Waals surface area contributed by atoms with Gasteiger partial charge in [0.05, 0.1) is 16.3 Å². The molecule has 3 unspecified atom stereocenters. The second-order valence-electron chi connectivity index (χ2n) is 7.90. The summed E-state index contributed by atoms with van der Waals surface area (Å²) in [6.45, 7) is 0.779. The van der Waals surface area contributed by atoms with Crippen molar-refractivity contribution in [3.8, 4) is 10.6 Å². The summed E-state index contributed by atoms with van der Waals surface area (Å²) in [5, 5.41) is 11.3. The lowest BCUT2D eigenvalue weighted by atomic mass is 9.93. The van der Waals surface area contributed by atoms with Crippen LogP contribution >= 0.6 is 11.3 Å². The predicted molar refractivity (Wildman–Crippen MR) is 112 cm³/mol. The van der Waals surface area contributed by atoms with E-state index in [1.807, 2.05) is 47.4 Å². The summed E-state index contributed by atoms with van der Waals surface area (Å²) < 4.78 is 1.13. The summed E-state index contributed by atoms with van der Waals surface area (Å²) in [4.78, 5) is 20.3. The zero-order valence-electron chi connectivity index (χ0n) is 15.8. The highest BCUT2D eigenvalue weighted by molar-refractivity contribution is 7.21. The summed E-state index contributed by atoms with van der Waals surface area (Å²) in [7, 11) is 0. The SMILES string of the molecule is O=C(c1ccccc1-c1nc2ccccc2s1)N1CCCC1C1CCCC1O. The maximum Gasteiger partial charge on any atom is 0.254 e. The average molecular weight is 393 g/mol. The Hall–Kier alpha value is -2.24. The van der Waals surface area contributed by atoms with Crippen LogP contribution in [0.4, 0.5) is 0 Å². The minimum atomic E-state index is -0.266. The second-order valence-corrected chi connectivity index (χ2v) is 8.93. The molecule has 144 valence electrons. The topological polar surface area (TPSA) is 53.4 Å². The highest BCUT2D eigenvalue weighted by Crippen LogP contribution is 2.38. The van der Waals surface area contributed by atoms with Gasteiger partial charge in [0, 0.05) is 29.6 Å². The molecule has 5 rings (SSSR count). The van der Waals surface area contributed by atoms with Gasteiger partial charge in [-0.2, -0.15) is 0 Å². The van der Waals surface area contributed by atoms with Crippen LogP contribution in [0.25, 0.3) is 20.8 Å². The van der Waals surface area contributed by atoms with Gasteiger partial charge < -0.3 is 10.0 Å². The fourth-order valence-electron chi connectivity index (χ4n) is 4.91. The molecule has 1 aromatic heterocycles. The quantitative estimate of drug-likeness (QED) is 0.701. The van der Waals surface area contributed by atoms with Crippen LogP contribution in [-0.2, 0) is 0 Å². The maximum atomic E-state index is 13.6. The molecule has 0 bridgehead atoms. The number of amides is 1. The number of fused-ring (bicyclic) bond motifs is 1. The van der Waals surface area contributed by atoms with E-state index in [-0.39, 0.29) is 24.0 Å². The number of thiazole rings is 1. The minimum absolute atomic E-state index is 0.0801. The van der Waals surface area contributed by atoms with Gasteiger partial charge in [-0.3, -0.25) is 4.79 Å². The van der Waals surface area contributed by atoms with Crippen LogP contribution in [0, 0.1) is 5.92 Å². The zero-order chi connectivity index (χ0) is 19.1. The summed E-state index contributed by atoms with van der Waals surface area (Å²) in [6.07, 6.45) is 4.70. The van der Waals surface area contributed by atoms with Gasteiger partial charge in [-0.1, -0.05) is 36.8 Å². The molecule has 1 amide bonds. The van der Waals surface area contributed by atoms with Crippen LogP contribution in [0.1, 0.15) is 42.5 Å². The first-order chi connectivity index (χ1) is 13.7. The number of rotatable bonds is 3. The number of benzene rings is 2. The average Bonchev–Trinajstić information content (AvgIpc) is 3.46. The molecule has 1 aliphatic heterocycles. The number of aromatic nitrogens is 1. The van der Waals surface area contributed by atoms with Gasteiger partial charge in [-0.25, -0.2) is 4.98 Å². The Morgan fingerprint density at radius 3 is 2.68 bits per heavy atom.